The number of rotatable bonds is 1. The van der Waals surface area contributed by atoms with Gasteiger partial charge in [-0.3, -0.25) is 10.2 Å². The summed E-state index contributed by atoms with van der Waals surface area (Å²) in [5.74, 6) is 0.203. The average molecular weight is 176 g/mol. The van der Waals surface area contributed by atoms with Crippen LogP contribution in [0.3, 0.4) is 0 Å². The SMILES string of the molecule is CC(=O)c1cc(C#N)c(=N)oc1C. The third kappa shape index (κ3) is 1.64. The molecule has 0 radical (unpaired) electrons. The number of hydrogen-bond acceptors (Lipinski definition) is 4. The molecule has 0 spiro atoms. The molecular weight excluding hydrogens is 168 g/mol. The third-order valence-corrected chi connectivity index (χ3v) is 1.67. The van der Waals surface area contributed by atoms with Gasteiger partial charge in [0.05, 0.1) is 5.56 Å². The molecule has 0 aliphatic rings. The standard InChI is InChI=1S/C9H8N2O2/c1-5(12)8-3-7(4-10)9(11)13-6(8)2/h3,11H,1-2H3. The van der Waals surface area contributed by atoms with Crippen molar-refractivity contribution in [3.63, 3.8) is 0 Å². The number of hydrogen-bond donors (Lipinski definition) is 1. The third-order valence-electron chi connectivity index (χ3n) is 1.67. The van der Waals surface area contributed by atoms with Gasteiger partial charge in [-0.15, -0.1) is 0 Å². The van der Waals surface area contributed by atoms with Gasteiger partial charge in [0.25, 0.3) is 0 Å². The normalized spacial score (nSPS) is 9.31. The summed E-state index contributed by atoms with van der Waals surface area (Å²) >= 11 is 0. The van der Waals surface area contributed by atoms with Crippen LogP contribution in [0.4, 0.5) is 0 Å². The maximum absolute atomic E-state index is 11.0. The second-order valence-electron chi connectivity index (χ2n) is 2.63. The molecule has 0 saturated heterocycles. The molecular formula is C9H8N2O2. The number of carbonyl (C=O) groups is 1. The average Bonchev–Trinajstić information content (AvgIpc) is 2.03. The summed E-state index contributed by atoms with van der Waals surface area (Å²) in [6.45, 7) is 2.98. The van der Waals surface area contributed by atoms with Gasteiger partial charge in [0.15, 0.2) is 5.78 Å². The van der Waals surface area contributed by atoms with Crippen LogP contribution < -0.4 is 5.55 Å². The van der Waals surface area contributed by atoms with E-state index in [0.29, 0.717) is 11.3 Å². The van der Waals surface area contributed by atoms with Crippen LogP contribution in [0, 0.1) is 23.7 Å². The van der Waals surface area contributed by atoms with Crippen molar-refractivity contribution in [2.45, 2.75) is 13.8 Å². The van der Waals surface area contributed by atoms with Gasteiger partial charge in [0, 0.05) is 0 Å². The van der Waals surface area contributed by atoms with Gasteiger partial charge in [0.1, 0.15) is 17.4 Å². The summed E-state index contributed by atoms with van der Waals surface area (Å²) in [5.41, 5.74) is 0.230. The van der Waals surface area contributed by atoms with Crippen molar-refractivity contribution in [3.05, 3.63) is 28.5 Å². The molecule has 1 aromatic heterocycles. The smallest absolute Gasteiger partial charge is 0.229 e. The van der Waals surface area contributed by atoms with Crippen LogP contribution in [0.25, 0.3) is 0 Å². The minimum atomic E-state index is -0.204. The lowest BCUT2D eigenvalue weighted by Gasteiger charge is -2.00. The van der Waals surface area contributed by atoms with Gasteiger partial charge in [-0.1, -0.05) is 0 Å². The molecule has 0 unspecified atom stereocenters. The largest absolute Gasteiger partial charge is 0.442 e. The van der Waals surface area contributed by atoms with Crippen molar-refractivity contribution < 1.29 is 9.21 Å². The molecule has 1 aromatic rings. The van der Waals surface area contributed by atoms with Crippen LogP contribution in [-0.2, 0) is 0 Å². The Balaban J connectivity index is 3.51. The van der Waals surface area contributed by atoms with E-state index in [-0.39, 0.29) is 16.9 Å². The van der Waals surface area contributed by atoms with Crippen molar-refractivity contribution in [2.24, 2.45) is 0 Å². The summed E-state index contributed by atoms with van der Waals surface area (Å²) < 4.78 is 4.91. The second-order valence-corrected chi connectivity index (χ2v) is 2.63. The van der Waals surface area contributed by atoms with Crippen molar-refractivity contribution in [3.8, 4) is 6.07 Å². The summed E-state index contributed by atoms with van der Waals surface area (Å²) in [4.78, 5) is 11.0. The van der Waals surface area contributed by atoms with E-state index in [1.54, 1.807) is 13.0 Å². The Labute approximate surface area is 74.9 Å². The van der Waals surface area contributed by atoms with Gasteiger partial charge in [-0.25, -0.2) is 0 Å². The van der Waals surface area contributed by atoms with E-state index in [9.17, 15) is 4.79 Å². The predicted octanol–water partition coefficient (Wildman–Crippen LogP) is 1.14. The Morgan fingerprint density at radius 1 is 1.69 bits per heavy atom. The summed E-state index contributed by atoms with van der Waals surface area (Å²) in [6.07, 6.45) is 0. The minimum absolute atomic E-state index is 0.0794. The maximum atomic E-state index is 11.0. The molecule has 1 heterocycles. The summed E-state index contributed by atoms with van der Waals surface area (Å²) in [5, 5.41) is 15.8. The molecule has 66 valence electrons. The molecule has 4 heteroatoms. The Morgan fingerprint density at radius 2 is 2.31 bits per heavy atom. The van der Waals surface area contributed by atoms with Crippen LogP contribution in [0.5, 0.6) is 0 Å². The Morgan fingerprint density at radius 3 is 2.77 bits per heavy atom. The fraction of sp³-hybridized carbons (Fsp3) is 0.222. The van der Waals surface area contributed by atoms with Crippen molar-refractivity contribution in [1.29, 1.82) is 10.7 Å². The second kappa shape index (κ2) is 3.23. The zero-order valence-electron chi connectivity index (χ0n) is 7.34. The molecule has 4 nitrogen and oxygen atoms in total. The Bertz CT molecular complexity index is 452. The Kier molecular flexibility index (Phi) is 2.29. The first-order valence-corrected chi connectivity index (χ1v) is 3.66. The van der Waals surface area contributed by atoms with E-state index in [4.69, 9.17) is 15.1 Å². The molecule has 0 aromatic carbocycles. The van der Waals surface area contributed by atoms with E-state index in [1.165, 1.54) is 13.0 Å². The van der Waals surface area contributed by atoms with E-state index in [2.05, 4.69) is 0 Å². The summed E-state index contributed by atoms with van der Waals surface area (Å²) in [7, 11) is 0. The lowest BCUT2D eigenvalue weighted by atomic mass is 10.1. The van der Waals surface area contributed by atoms with Crippen molar-refractivity contribution in [1.82, 2.24) is 0 Å². The van der Waals surface area contributed by atoms with Crippen LogP contribution >= 0.6 is 0 Å². The van der Waals surface area contributed by atoms with E-state index in [1.807, 2.05) is 0 Å². The zero-order chi connectivity index (χ0) is 10.0. The predicted molar refractivity (Wildman–Crippen MR) is 44.0 cm³/mol. The van der Waals surface area contributed by atoms with Crippen LogP contribution in [0.2, 0.25) is 0 Å². The monoisotopic (exact) mass is 176 g/mol. The zero-order valence-corrected chi connectivity index (χ0v) is 7.34. The molecule has 0 aliphatic heterocycles. The number of nitrogens with zero attached hydrogens (tertiary/aromatic N) is 1. The number of aryl methyl sites for hydroxylation is 1. The molecule has 13 heavy (non-hydrogen) atoms. The molecule has 0 saturated carbocycles. The van der Waals surface area contributed by atoms with Crippen molar-refractivity contribution >= 4 is 5.78 Å². The molecule has 0 atom stereocenters. The highest BCUT2D eigenvalue weighted by atomic mass is 16.3. The number of ketones is 1. The summed E-state index contributed by atoms with van der Waals surface area (Å²) in [6, 6.07) is 3.16. The van der Waals surface area contributed by atoms with Gasteiger partial charge in [-0.2, -0.15) is 5.26 Å². The molecule has 1 N–H and O–H groups in total. The van der Waals surface area contributed by atoms with Gasteiger partial charge < -0.3 is 4.42 Å². The van der Waals surface area contributed by atoms with Crippen LogP contribution in [0.15, 0.2) is 10.5 Å². The number of Topliss-reactive ketones (excluding diaryl/α,β-unsaturated/α-hetero) is 1. The highest BCUT2D eigenvalue weighted by molar-refractivity contribution is 5.95. The first kappa shape index (κ1) is 9.20. The first-order chi connectivity index (χ1) is 6.06. The lowest BCUT2D eigenvalue weighted by molar-refractivity contribution is 0.101. The van der Waals surface area contributed by atoms with Crippen molar-refractivity contribution in [2.75, 3.05) is 0 Å². The molecule has 0 aliphatic carbocycles. The topological polar surface area (TPSA) is 77.9 Å². The molecule has 0 bridgehead atoms. The number of nitrogens with one attached hydrogen (secondary N) is 1. The number of carbonyl (C=O) groups excluding carboxylic acids is 1. The molecule has 1 rings (SSSR count). The minimum Gasteiger partial charge on any atom is -0.442 e. The van der Waals surface area contributed by atoms with E-state index in [0.717, 1.165) is 0 Å². The first-order valence-electron chi connectivity index (χ1n) is 3.66. The van der Waals surface area contributed by atoms with Gasteiger partial charge in [0.2, 0.25) is 5.55 Å². The Hall–Kier alpha value is -1.89. The fourth-order valence-corrected chi connectivity index (χ4v) is 1.01. The van der Waals surface area contributed by atoms with E-state index < -0.39 is 0 Å². The maximum Gasteiger partial charge on any atom is 0.229 e. The fourth-order valence-electron chi connectivity index (χ4n) is 1.01. The quantitative estimate of drug-likeness (QED) is 0.651. The van der Waals surface area contributed by atoms with Gasteiger partial charge in [-0.05, 0) is 19.9 Å². The van der Waals surface area contributed by atoms with Crippen LogP contribution in [0.1, 0.15) is 28.6 Å². The van der Waals surface area contributed by atoms with E-state index >= 15 is 0 Å². The molecule has 0 fully saturated rings. The highest BCUT2D eigenvalue weighted by Crippen LogP contribution is 2.07. The molecule has 0 amide bonds. The number of nitriles is 1. The highest BCUT2D eigenvalue weighted by Gasteiger charge is 2.08. The lowest BCUT2D eigenvalue weighted by Crippen LogP contribution is -2.09. The van der Waals surface area contributed by atoms with Gasteiger partial charge >= 0.3 is 0 Å². The van der Waals surface area contributed by atoms with Crippen LogP contribution in [-0.4, -0.2) is 5.78 Å².